The number of phenols is 1. The number of carbonyl (C=O) groups is 5. The largest absolute Gasteiger partial charge is 0.508 e. The number of hydrogen-bond acceptors (Lipinski definition) is 9. The van der Waals surface area contributed by atoms with Gasteiger partial charge in [0.15, 0.2) is 0 Å². The molecule has 0 bridgehead atoms. The van der Waals surface area contributed by atoms with Gasteiger partial charge >= 0.3 is 11.9 Å². The van der Waals surface area contributed by atoms with E-state index in [1.54, 1.807) is 12.1 Å². The molecule has 0 saturated carbocycles. The Morgan fingerprint density at radius 2 is 1.21 bits per heavy atom. The van der Waals surface area contributed by atoms with Crippen LogP contribution in [-0.2, 0) is 30.4 Å². The van der Waals surface area contributed by atoms with Crippen LogP contribution >= 0.6 is 0 Å². The maximum absolute atomic E-state index is 13.1. The number of nitrogens with two attached hydrogens (primary N) is 3. The first-order valence-electron chi connectivity index (χ1n) is 12.8. The first kappa shape index (κ1) is 33.3. The highest BCUT2D eigenvalue weighted by Crippen LogP contribution is 2.11. The zero-order chi connectivity index (χ0) is 29.4. The minimum Gasteiger partial charge on any atom is -0.508 e. The molecule has 0 aliphatic heterocycles. The quantitative estimate of drug-likeness (QED) is 0.0895. The SMILES string of the molecule is NCCCCC(NC(=O)C(CC(=O)O)NC(=O)C(CCCCN)NC(=O)C(N)Cc1ccc(O)cc1)C(=O)O. The second-order valence-electron chi connectivity index (χ2n) is 9.17. The van der Waals surface area contributed by atoms with Crippen molar-refractivity contribution in [3.8, 4) is 5.75 Å². The summed E-state index contributed by atoms with van der Waals surface area (Å²) in [6, 6.07) is 1.02. The molecule has 14 nitrogen and oxygen atoms in total. The molecule has 0 aromatic heterocycles. The smallest absolute Gasteiger partial charge is 0.326 e. The monoisotopic (exact) mass is 552 g/mol. The molecule has 0 heterocycles. The van der Waals surface area contributed by atoms with Crippen molar-refractivity contribution >= 4 is 29.7 Å². The minimum absolute atomic E-state index is 0.0543. The molecule has 0 saturated heterocycles. The molecular weight excluding hydrogens is 512 g/mol. The van der Waals surface area contributed by atoms with E-state index in [4.69, 9.17) is 17.2 Å². The number of carboxylic acid groups (broad SMARTS) is 2. The third-order valence-corrected chi connectivity index (χ3v) is 5.88. The number of carbonyl (C=O) groups excluding carboxylic acids is 3. The van der Waals surface area contributed by atoms with Gasteiger partial charge in [0.05, 0.1) is 12.5 Å². The summed E-state index contributed by atoms with van der Waals surface area (Å²) in [5.41, 5.74) is 17.6. The number of aliphatic carboxylic acids is 2. The van der Waals surface area contributed by atoms with E-state index in [0.29, 0.717) is 44.3 Å². The average Bonchev–Trinajstić information content (AvgIpc) is 2.87. The van der Waals surface area contributed by atoms with Crippen molar-refractivity contribution in [3.05, 3.63) is 29.8 Å². The maximum atomic E-state index is 13.1. The van der Waals surface area contributed by atoms with Crippen LogP contribution < -0.4 is 33.2 Å². The first-order chi connectivity index (χ1) is 18.5. The van der Waals surface area contributed by atoms with Crippen molar-refractivity contribution in [2.75, 3.05) is 13.1 Å². The van der Waals surface area contributed by atoms with E-state index in [2.05, 4.69) is 16.0 Å². The van der Waals surface area contributed by atoms with E-state index in [9.17, 15) is 39.3 Å². The Labute approximate surface area is 226 Å². The molecule has 0 fully saturated rings. The number of hydrogen-bond donors (Lipinski definition) is 9. The average molecular weight is 553 g/mol. The van der Waals surface area contributed by atoms with Crippen LogP contribution in [0, 0.1) is 0 Å². The fourth-order valence-corrected chi connectivity index (χ4v) is 3.70. The molecule has 0 spiro atoms. The lowest BCUT2D eigenvalue weighted by Crippen LogP contribution is -2.57. The van der Waals surface area contributed by atoms with Crippen molar-refractivity contribution in [3.63, 3.8) is 0 Å². The molecule has 0 radical (unpaired) electrons. The lowest BCUT2D eigenvalue weighted by molar-refractivity contribution is -0.143. The van der Waals surface area contributed by atoms with Crippen LogP contribution in [0.25, 0.3) is 0 Å². The zero-order valence-corrected chi connectivity index (χ0v) is 21.8. The Bertz CT molecular complexity index is 958. The lowest BCUT2D eigenvalue weighted by Gasteiger charge is -2.24. The number of phenolic OH excluding ortho intramolecular Hbond substituents is 1. The van der Waals surface area contributed by atoms with Gasteiger partial charge in [-0.1, -0.05) is 12.1 Å². The van der Waals surface area contributed by atoms with Gasteiger partial charge in [0.2, 0.25) is 17.7 Å². The molecule has 3 amide bonds. The van der Waals surface area contributed by atoms with Crippen molar-refractivity contribution < 1.29 is 39.3 Å². The fourth-order valence-electron chi connectivity index (χ4n) is 3.70. The van der Waals surface area contributed by atoms with Gasteiger partial charge in [0.25, 0.3) is 0 Å². The second-order valence-corrected chi connectivity index (χ2v) is 9.17. The summed E-state index contributed by atoms with van der Waals surface area (Å²) in [4.78, 5) is 61.6. The number of amides is 3. The summed E-state index contributed by atoms with van der Waals surface area (Å²) in [5.74, 6) is -5.12. The number of benzene rings is 1. The summed E-state index contributed by atoms with van der Waals surface area (Å²) < 4.78 is 0. The van der Waals surface area contributed by atoms with Gasteiger partial charge in [0, 0.05) is 0 Å². The highest BCUT2D eigenvalue weighted by molar-refractivity contribution is 5.95. The number of carboxylic acids is 2. The molecule has 14 heteroatoms. The molecule has 39 heavy (non-hydrogen) atoms. The molecule has 218 valence electrons. The van der Waals surface area contributed by atoms with Crippen molar-refractivity contribution in [1.29, 1.82) is 0 Å². The number of nitrogens with one attached hydrogen (secondary N) is 3. The van der Waals surface area contributed by atoms with Crippen LogP contribution in [0.3, 0.4) is 0 Å². The van der Waals surface area contributed by atoms with Crippen LogP contribution in [0.1, 0.15) is 50.5 Å². The van der Waals surface area contributed by atoms with Gasteiger partial charge in [-0.15, -0.1) is 0 Å². The molecule has 1 aromatic rings. The predicted octanol–water partition coefficient (Wildman–Crippen LogP) is -1.47. The Morgan fingerprint density at radius 1 is 0.718 bits per heavy atom. The van der Waals surface area contributed by atoms with E-state index in [-0.39, 0.29) is 25.0 Å². The standard InChI is InChI=1S/C25H40N6O8/c26-11-3-1-5-18(29-22(35)17(28)13-15-7-9-16(32)10-8-15)23(36)31-20(14-21(33)34)24(37)30-19(25(38)39)6-2-4-12-27/h7-10,17-20,32H,1-6,11-14,26-28H2,(H,29,35)(H,30,37)(H,31,36)(H,33,34)(H,38,39). The van der Waals surface area contributed by atoms with Crippen LogP contribution in [0.5, 0.6) is 5.75 Å². The summed E-state index contributed by atoms with van der Waals surface area (Å²) in [5, 5.41) is 35.2. The summed E-state index contributed by atoms with van der Waals surface area (Å²) in [6.45, 7) is 0.682. The van der Waals surface area contributed by atoms with Gasteiger partial charge in [-0.2, -0.15) is 0 Å². The molecule has 0 aliphatic rings. The second kappa shape index (κ2) is 17.7. The summed E-state index contributed by atoms with van der Waals surface area (Å²) in [6.07, 6.45) is 1.46. The van der Waals surface area contributed by atoms with Crippen LogP contribution in [-0.4, -0.2) is 82.2 Å². The van der Waals surface area contributed by atoms with Crippen LogP contribution in [0.4, 0.5) is 0 Å². The van der Waals surface area contributed by atoms with E-state index < -0.39 is 60.2 Å². The normalized spacial score (nSPS) is 13.9. The molecule has 1 rings (SSSR count). The zero-order valence-electron chi connectivity index (χ0n) is 21.8. The Morgan fingerprint density at radius 3 is 1.72 bits per heavy atom. The van der Waals surface area contributed by atoms with Gasteiger partial charge < -0.3 is 48.5 Å². The molecule has 4 unspecified atom stereocenters. The van der Waals surface area contributed by atoms with Gasteiger partial charge in [0.1, 0.15) is 23.9 Å². The predicted molar refractivity (Wildman–Crippen MR) is 141 cm³/mol. The highest BCUT2D eigenvalue weighted by atomic mass is 16.4. The summed E-state index contributed by atoms with van der Waals surface area (Å²) >= 11 is 0. The van der Waals surface area contributed by atoms with Gasteiger partial charge in [-0.25, -0.2) is 4.79 Å². The van der Waals surface area contributed by atoms with Crippen molar-refractivity contribution in [2.45, 2.75) is 75.5 Å². The third kappa shape index (κ3) is 13.0. The molecule has 12 N–H and O–H groups in total. The van der Waals surface area contributed by atoms with Crippen molar-refractivity contribution in [1.82, 2.24) is 16.0 Å². The molecular formula is C25H40N6O8. The maximum Gasteiger partial charge on any atom is 0.326 e. The van der Waals surface area contributed by atoms with E-state index in [0.717, 1.165) is 0 Å². The lowest BCUT2D eigenvalue weighted by atomic mass is 10.0. The van der Waals surface area contributed by atoms with Crippen molar-refractivity contribution in [2.24, 2.45) is 17.2 Å². The van der Waals surface area contributed by atoms with Gasteiger partial charge in [-0.3, -0.25) is 19.2 Å². The van der Waals surface area contributed by atoms with Crippen LogP contribution in [0.2, 0.25) is 0 Å². The highest BCUT2D eigenvalue weighted by Gasteiger charge is 2.31. The van der Waals surface area contributed by atoms with E-state index >= 15 is 0 Å². The number of aromatic hydroxyl groups is 1. The topological polar surface area (TPSA) is 260 Å². The number of rotatable bonds is 19. The fraction of sp³-hybridized carbons (Fsp3) is 0.560. The Balaban J connectivity index is 2.96. The first-order valence-corrected chi connectivity index (χ1v) is 12.8. The van der Waals surface area contributed by atoms with Gasteiger partial charge in [-0.05, 0) is 75.7 Å². The third-order valence-electron chi connectivity index (χ3n) is 5.88. The van der Waals surface area contributed by atoms with E-state index in [1.165, 1.54) is 12.1 Å². The van der Waals surface area contributed by atoms with Crippen LogP contribution in [0.15, 0.2) is 24.3 Å². The molecule has 1 aromatic carbocycles. The molecule has 0 aliphatic carbocycles. The number of unbranched alkanes of at least 4 members (excludes halogenated alkanes) is 2. The Kier molecular flexibility index (Phi) is 15.1. The Hall–Kier alpha value is -3.75. The van der Waals surface area contributed by atoms with E-state index in [1.807, 2.05) is 0 Å². The molecule has 4 atom stereocenters. The summed E-state index contributed by atoms with van der Waals surface area (Å²) in [7, 11) is 0. The minimum atomic E-state index is -1.59.